The molecule has 1 N–H and O–H groups in total. The summed E-state index contributed by atoms with van der Waals surface area (Å²) in [5, 5.41) is 3.28. The highest BCUT2D eigenvalue weighted by Crippen LogP contribution is 2.27. The number of halogens is 5. The fourth-order valence-corrected chi connectivity index (χ4v) is 3.54. The van der Waals surface area contributed by atoms with Gasteiger partial charge in [-0.05, 0) is 18.2 Å². The van der Waals surface area contributed by atoms with Gasteiger partial charge >= 0.3 is 0 Å². The Morgan fingerprint density at radius 2 is 1.96 bits per heavy atom. The SMILES string of the molecule is COc1ccc(Cl)cc1CN1CCN(C(=O)C2CC(F)(F)CN2)CC1.Cl.Cl. The molecule has 1 aromatic rings. The molecule has 3 rings (SSSR count). The zero-order valence-corrected chi connectivity index (χ0v) is 17.3. The smallest absolute Gasteiger partial charge is 0.262 e. The molecule has 0 spiro atoms. The molecular weight excluding hydrogens is 423 g/mol. The van der Waals surface area contributed by atoms with Gasteiger partial charge in [-0.3, -0.25) is 15.0 Å². The summed E-state index contributed by atoms with van der Waals surface area (Å²) in [4.78, 5) is 16.2. The maximum Gasteiger partial charge on any atom is 0.262 e. The number of benzene rings is 1. The van der Waals surface area contributed by atoms with Gasteiger partial charge in [-0.2, -0.15) is 0 Å². The second-order valence-electron chi connectivity index (χ2n) is 6.55. The van der Waals surface area contributed by atoms with Gasteiger partial charge in [-0.1, -0.05) is 11.6 Å². The second kappa shape index (κ2) is 10.1. The highest BCUT2D eigenvalue weighted by atomic mass is 35.5. The number of hydrogen-bond acceptors (Lipinski definition) is 4. The second-order valence-corrected chi connectivity index (χ2v) is 6.99. The number of carbonyl (C=O) groups excluding carboxylic acids is 1. The molecule has 0 aromatic heterocycles. The van der Waals surface area contributed by atoms with Crippen LogP contribution in [0.5, 0.6) is 5.75 Å². The molecule has 2 fully saturated rings. The average Bonchev–Trinajstić information content (AvgIpc) is 2.95. The van der Waals surface area contributed by atoms with Crippen LogP contribution in [0.2, 0.25) is 5.02 Å². The van der Waals surface area contributed by atoms with Crippen LogP contribution in [0.4, 0.5) is 8.78 Å². The lowest BCUT2D eigenvalue weighted by Crippen LogP contribution is -2.52. The molecule has 0 aliphatic carbocycles. The maximum atomic E-state index is 13.3. The van der Waals surface area contributed by atoms with Gasteiger partial charge < -0.3 is 9.64 Å². The van der Waals surface area contributed by atoms with Crippen molar-refractivity contribution in [1.82, 2.24) is 15.1 Å². The molecule has 1 atom stereocenters. The van der Waals surface area contributed by atoms with E-state index in [2.05, 4.69) is 10.2 Å². The zero-order valence-electron chi connectivity index (χ0n) is 14.9. The van der Waals surface area contributed by atoms with E-state index in [4.69, 9.17) is 16.3 Å². The number of carbonyl (C=O) groups is 1. The maximum absolute atomic E-state index is 13.3. The van der Waals surface area contributed by atoms with E-state index in [9.17, 15) is 13.6 Å². The summed E-state index contributed by atoms with van der Waals surface area (Å²) in [6.07, 6.45) is -0.411. The van der Waals surface area contributed by atoms with Gasteiger partial charge in [0.2, 0.25) is 5.91 Å². The van der Waals surface area contributed by atoms with Crippen molar-refractivity contribution >= 4 is 42.3 Å². The van der Waals surface area contributed by atoms with E-state index in [1.807, 2.05) is 12.1 Å². The molecule has 1 unspecified atom stereocenters. The van der Waals surface area contributed by atoms with Crippen LogP contribution in [0.25, 0.3) is 0 Å². The first-order valence-electron chi connectivity index (χ1n) is 8.33. The number of piperazine rings is 1. The summed E-state index contributed by atoms with van der Waals surface area (Å²) in [6.45, 7) is 2.69. The summed E-state index contributed by atoms with van der Waals surface area (Å²) in [7, 11) is 1.62. The number of nitrogens with zero attached hydrogens (tertiary/aromatic N) is 2. The Bertz CT molecular complexity index is 644. The lowest BCUT2D eigenvalue weighted by atomic mass is 10.1. The average molecular weight is 447 g/mol. The monoisotopic (exact) mass is 445 g/mol. The van der Waals surface area contributed by atoms with Crippen molar-refractivity contribution in [3.05, 3.63) is 28.8 Å². The first-order chi connectivity index (χ1) is 11.9. The Hall–Kier alpha value is -0.860. The summed E-state index contributed by atoms with van der Waals surface area (Å²) < 4.78 is 31.9. The summed E-state index contributed by atoms with van der Waals surface area (Å²) >= 11 is 6.06. The molecule has 0 saturated carbocycles. The third kappa shape index (κ3) is 6.06. The standard InChI is InChI=1S/C17H22ClF2N3O2.2ClH/c1-25-15-3-2-13(18)8-12(15)10-22-4-6-23(7-5-22)16(24)14-9-17(19,20)11-21-14;;/h2-3,8,14,21H,4-7,9-11H2,1H3;2*1H. The normalized spacial score (nSPS) is 21.9. The molecule has 154 valence electrons. The number of rotatable bonds is 4. The lowest BCUT2D eigenvalue weighted by Gasteiger charge is -2.36. The van der Waals surface area contributed by atoms with Crippen LogP contribution in [0.15, 0.2) is 18.2 Å². The minimum absolute atomic E-state index is 0. The number of nitrogens with one attached hydrogen (secondary N) is 1. The molecular formula is C17H24Cl3F2N3O2. The third-order valence-corrected chi connectivity index (χ3v) is 4.96. The van der Waals surface area contributed by atoms with Gasteiger partial charge in [0.15, 0.2) is 0 Å². The highest BCUT2D eigenvalue weighted by Gasteiger charge is 2.43. The fraction of sp³-hybridized carbons (Fsp3) is 0.588. The molecule has 0 radical (unpaired) electrons. The van der Waals surface area contributed by atoms with E-state index in [0.29, 0.717) is 37.7 Å². The first-order valence-corrected chi connectivity index (χ1v) is 8.70. The first kappa shape index (κ1) is 24.2. The van der Waals surface area contributed by atoms with Gasteiger partial charge in [0.05, 0.1) is 19.7 Å². The highest BCUT2D eigenvalue weighted by molar-refractivity contribution is 6.30. The fourth-order valence-electron chi connectivity index (χ4n) is 3.35. The van der Waals surface area contributed by atoms with Crippen molar-refractivity contribution in [1.29, 1.82) is 0 Å². The molecule has 5 nitrogen and oxygen atoms in total. The Balaban J connectivity index is 0.00000182. The van der Waals surface area contributed by atoms with Crippen LogP contribution in [0.3, 0.4) is 0 Å². The number of hydrogen-bond donors (Lipinski definition) is 1. The van der Waals surface area contributed by atoms with Gasteiger partial charge in [-0.25, -0.2) is 8.78 Å². The van der Waals surface area contributed by atoms with E-state index in [-0.39, 0.29) is 30.7 Å². The summed E-state index contributed by atoms with van der Waals surface area (Å²) in [5.74, 6) is -2.23. The molecule has 2 aliphatic heterocycles. The Morgan fingerprint density at radius 3 is 2.52 bits per heavy atom. The van der Waals surface area contributed by atoms with Crippen molar-refractivity contribution in [2.75, 3.05) is 39.8 Å². The van der Waals surface area contributed by atoms with E-state index in [1.165, 1.54) is 0 Å². The molecule has 0 bridgehead atoms. The number of methoxy groups -OCH3 is 1. The number of ether oxygens (including phenoxy) is 1. The van der Waals surface area contributed by atoms with Crippen LogP contribution < -0.4 is 10.1 Å². The quantitative estimate of drug-likeness (QED) is 0.772. The van der Waals surface area contributed by atoms with E-state index < -0.39 is 24.9 Å². The molecule has 1 amide bonds. The summed E-state index contributed by atoms with van der Waals surface area (Å²) in [5.41, 5.74) is 0.992. The van der Waals surface area contributed by atoms with E-state index in [0.717, 1.165) is 11.3 Å². The molecule has 2 heterocycles. The summed E-state index contributed by atoms with van der Waals surface area (Å²) in [6, 6.07) is 4.73. The number of amides is 1. The van der Waals surface area contributed by atoms with E-state index >= 15 is 0 Å². The minimum atomic E-state index is -2.79. The number of alkyl halides is 2. The zero-order chi connectivity index (χ0) is 18.0. The van der Waals surface area contributed by atoms with Crippen LogP contribution >= 0.6 is 36.4 Å². The van der Waals surface area contributed by atoms with Crippen LogP contribution in [0.1, 0.15) is 12.0 Å². The van der Waals surface area contributed by atoms with Crippen molar-refractivity contribution < 1.29 is 18.3 Å². The topological polar surface area (TPSA) is 44.8 Å². The van der Waals surface area contributed by atoms with Crippen molar-refractivity contribution in [3.63, 3.8) is 0 Å². The Kier molecular flexibility index (Phi) is 9.02. The predicted octanol–water partition coefficient (Wildman–Crippen LogP) is 2.83. The Morgan fingerprint density at radius 1 is 1.30 bits per heavy atom. The van der Waals surface area contributed by atoms with Gasteiger partial charge in [0.1, 0.15) is 5.75 Å². The van der Waals surface area contributed by atoms with Crippen molar-refractivity contribution in [2.45, 2.75) is 24.9 Å². The van der Waals surface area contributed by atoms with Gasteiger partial charge in [-0.15, -0.1) is 24.8 Å². The minimum Gasteiger partial charge on any atom is -0.496 e. The largest absolute Gasteiger partial charge is 0.496 e. The molecule has 10 heteroatoms. The van der Waals surface area contributed by atoms with Crippen molar-refractivity contribution in [2.24, 2.45) is 0 Å². The van der Waals surface area contributed by atoms with Gasteiger partial charge in [0, 0.05) is 49.7 Å². The predicted molar refractivity (Wildman–Crippen MR) is 106 cm³/mol. The molecule has 2 aliphatic rings. The molecule has 1 aromatic carbocycles. The molecule has 2 saturated heterocycles. The third-order valence-electron chi connectivity index (χ3n) is 4.73. The molecule has 27 heavy (non-hydrogen) atoms. The van der Waals surface area contributed by atoms with Crippen LogP contribution in [-0.4, -0.2) is 67.5 Å². The van der Waals surface area contributed by atoms with E-state index in [1.54, 1.807) is 18.1 Å². The van der Waals surface area contributed by atoms with Crippen molar-refractivity contribution in [3.8, 4) is 5.75 Å². The van der Waals surface area contributed by atoms with Crippen LogP contribution in [0, 0.1) is 0 Å². The Labute approximate surface area is 175 Å². The van der Waals surface area contributed by atoms with Gasteiger partial charge in [0.25, 0.3) is 5.92 Å². The lowest BCUT2D eigenvalue weighted by molar-refractivity contribution is -0.135. The van der Waals surface area contributed by atoms with Crippen LogP contribution in [-0.2, 0) is 11.3 Å².